The van der Waals surface area contributed by atoms with Crippen molar-refractivity contribution in [1.82, 2.24) is 5.32 Å². The van der Waals surface area contributed by atoms with Crippen molar-refractivity contribution in [3.8, 4) is 5.75 Å². The van der Waals surface area contributed by atoms with Gasteiger partial charge in [0.05, 0.1) is 19.1 Å². The number of Topliss-reactive ketones (excluding diaryl/α,β-unsaturated/α-hetero) is 1. The maximum absolute atomic E-state index is 13.1. The van der Waals surface area contributed by atoms with Crippen LogP contribution in [0.15, 0.2) is 42.5 Å². The van der Waals surface area contributed by atoms with Crippen LogP contribution in [-0.4, -0.2) is 37.9 Å². The van der Waals surface area contributed by atoms with Gasteiger partial charge in [-0.25, -0.2) is 8.78 Å². The van der Waals surface area contributed by atoms with E-state index >= 15 is 0 Å². The fraction of sp³-hybridized carbons (Fsp3) is 0.211. The number of hydrogen-bond acceptors (Lipinski definition) is 5. The molecule has 0 heterocycles. The topological polar surface area (TPSA) is 81.7 Å². The Balaban J connectivity index is 1.77. The summed E-state index contributed by atoms with van der Waals surface area (Å²) in [6.07, 6.45) is -0.161. The molecule has 0 aliphatic heterocycles. The third-order valence-electron chi connectivity index (χ3n) is 3.57. The van der Waals surface area contributed by atoms with E-state index in [0.717, 1.165) is 18.2 Å². The number of para-hydroxylation sites is 1. The molecule has 0 saturated heterocycles. The lowest BCUT2D eigenvalue weighted by atomic mass is 10.1. The summed E-state index contributed by atoms with van der Waals surface area (Å²) in [5.74, 6) is -3.64. The van der Waals surface area contributed by atoms with Gasteiger partial charge in [0.1, 0.15) is 5.75 Å². The molecule has 0 aliphatic rings. The zero-order valence-corrected chi connectivity index (χ0v) is 14.5. The molecule has 1 N–H and O–H groups in total. The van der Waals surface area contributed by atoms with Crippen molar-refractivity contribution in [2.75, 3.05) is 20.3 Å². The highest BCUT2D eigenvalue weighted by atomic mass is 19.2. The van der Waals surface area contributed by atoms with Gasteiger partial charge in [0.2, 0.25) is 0 Å². The Morgan fingerprint density at radius 3 is 2.48 bits per heavy atom. The van der Waals surface area contributed by atoms with Gasteiger partial charge in [-0.2, -0.15) is 0 Å². The number of hydrogen-bond donors (Lipinski definition) is 1. The third kappa shape index (κ3) is 5.60. The molecule has 0 bridgehead atoms. The SMILES string of the molecule is COc1ccccc1C(=O)NCCC(=O)OCC(=O)c1ccc(F)c(F)c1. The molecular weight excluding hydrogens is 360 g/mol. The van der Waals surface area contributed by atoms with Crippen LogP contribution in [0.4, 0.5) is 8.78 Å². The Morgan fingerprint density at radius 1 is 1.04 bits per heavy atom. The lowest BCUT2D eigenvalue weighted by molar-refractivity contribution is -0.142. The molecule has 2 aromatic rings. The Morgan fingerprint density at radius 2 is 1.78 bits per heavy atom. The number of esters is 1. The molecule has 142 valence electrons. The highest BCUT2D eigenvalue weighted by molar-refractivity contribution is 5.98. The van der Waals surface area contributed by atoms with E-state index in [1.165, 1.54) is 7.11 Å². The molecule has 0 atom stereocenters. The second-order valence-electron chi connectivity index (χ2n) is 5.42. The molecule has 8 heteroatoms. The Labute approximate surface area is 154 Å². The van der Waals surface area contributed by atoms with E-state index in [-0.39, 0.29) is 18.5 Å². The van der Waals surface area contributed by atoms with Crippen molar-refractivity contribution in [3.05, 3.63) is 65.2 Å². The predicted octanol–water partition coefficient (Wildman–Crippen LogP) is 2.52. The van der Waals surface area contributed by atoms with Crippen LogP contribution in [0, 0.1) is 11.6 Å². The molecule has 0 aromatic heterocycles. The number of amides is 1. The number of carbonyl (C=O) groups is 3. The summed E-state index contributed by atoms with van der Waals surface area (Å²) in [5, 5.41) is 2.54. The van der Waals surface area contributed by atoms with Gasteiger partial charge in [0.15, 0.2) is 24.0 Å². The lowest BCUT2D eigenvalue weighted by Gasteiger charge is -2.09. The fourth-order valence-corrected chi connectivity index (χ4v) is 2.18. The molecule has 0 fully saturated rings. The van der Waals surface area contributed by atoms with Gasteiger partial charge in [0.25, 0.3) is 5.91 Å². The zero-order valence-electron chi connectivity index (χ0n) is 14.5. The second-order valence-corrected chi connectivity index (χ2v) is 5.42. The van der Waals surface area contributed by atoms with E-state index in [1.54, 1.807) is 24.3 Å². The van der Waals surface area contributed by atoms with Crippen LogP contribution < -0.4 is 10.1 Å². The average molecular weight is 377 g/mol. The van der Waals surface area contributed by atoms with Crippen molar-refractivity contribution in [1.29, 1.82) is 0 Å². The molecule has 27 heavy (non-hydrogen) atoms. The number of benzene rings is 2. The van der Waals surface area contributed by atoms with Gasteiger partial charge >= 0.3 is 5.97 Å². The highest BCUT2D eigenvalue weighted by Gasteiger charge is 2.14. The van der Waals surface area contributed by atoms with Gasteiger partial charge in [-0.3, -0.25) is 14.4 Å². The molecule has 1 amide bonds. The van der Waals surface area contributed by atoms with E-state index in [1.807, 2.05) is 0 Å². The van der Waals surface area contributed by atoms with E-state index in [0.29, 0.717) is 11.3 Å². The molecule has 0 saturated carbocycles. The number of halogens is 2. The highest BCUT2D eigenvalue weighted by Crippen LogP contribution is 2.16. The van der Waals surface area contributed by atoms with E-state index in [4.69, 9.17) is 9.47 Å². The molecule has 2 aromatic carbocycles. The van der Waals surface area contributed by atoms with Gasteiger partial charge in [0, 0.05) is 12.1 Å². The molecule has 0 aliphatic carbocycles. The number of rotatable bonds is 8. The van der Waals surface area contributed by atoms with Crippen molar-refractivity contribution < 1.29 is 32.6 Å². The molecular formula is C19H17F2NO5. The summed E-state index contributed by atoms with van der Waals surface area (Å²) in [5.41, 5.74) is 0.216. The molecule has 2 rings (SSSR count). The maximum Gasteiger partial charge on any atom is 0.308 e. The first-order chi connectivity index (χ1) is 12.9. The molecule has 0 spiro atoms. The average Bonchev–Trinajstić information content (AvgIpc) is 2.68. The van der Waals surface area contributed by atoms with Crippen molar-refractivity contribution in [2.24, 2.45) is 0 Å². The van der Waals surface area contributed by atoms with Crippen LogP contribution in [0.5, 0.6) is 5.75 Å². The van der Waals surface area contributed by atoms with Gasteiger partial charge in [-0.15, -0.1) is 0 Å². The standard InChI is InChI=1S/C19H17F2NO5/c1-26-17-5-3-2-4-13(17)19(25)22-9-8-18(24)27-11-16(23)12-6-7-14(20)15(21)10-12/h2-7,10H,8-9,11H2,1H3,(H,22,25). The van der Waals surface area contributed by atoms with E-state index in [2.05, 4.69) is 5.32 Å². The van der Waals surface area contributed by atoms with E-state index < -0.39 is 35.9 Å². The molecule has 0 radical (unpaired) electrons. The number of ketones is 1. The minimum Gasteiger partial charge on any atom is -0.496 e. The summed E-state index contributed by atoms with van der Waals surface area (Å²) < 4.78 is 35.8. The van der Waals surface area contributed by atoms with Crippen LogP contribution in [0.25, 0.3) is 0 Å². The van der Waals surface area contributed by atoms with Gasteiger partial charge in [-0.1, -0.05) is 12.1 Å². The van der Waals surface area contributed by atoms with Crippen LogP contribution in [0.1, 0.15) is 27.1 Å². The van der Waals surface area contributed by atoms with Crippen LogP contribution >= 0.6 is 0 Å². The minimum atomic E-state index is -1.16. The Hall–Kier alpha value is -3.29. The Kier molecular flexibility index (Phi) is 6.99. The quantitative estimate of drug-likeness (QED) is 0.565. The normalized spacial score (nSPS) is 10.2. The summed E-state index contributed by atoms with van der Waals surface area (Å²) >= 11 is 0. The molecule has 0 unspecified atom stereocenters. The maximum atomic E-state index is 13.1. The number of ether oxygens (including phenoxy) is 2. The minimum absolute atomic E-state index is 0.00488. The lowest BCUT2D eigenvalue weighted by Crippen LogP contribution is -2.27. The summed E-state index contributed by atoms with van der Waals surface area (Å²) in [4.78, 5) is 35.5. The van der Waals surface area contributed by atoms with E-state index in [9.17, 15) is 23.2 Å². The molecule has 6 nitrogen and oxygen atoms in total. The summed E-state index contributed by atoms with van der Waals surface area (Å²) in [6.45, 7) is -0.612. The predicted molar refractivity (Wildman–Crippen MR) is 91.6 cm³/mol. The van der Waals surface area contributed by atoms with Crippen LogP contribution in [0.3, 0.4) is 0 Å². The van der Waals surface area contributed by atoms with Crippen LogP contribution in [-0.2, 0) is 9.53 Å². The summed E-state index contributed by atoms with van der Waals surface area (Å²) in [7, 11) is 1.44. The fourth-order valence-electron chi connectivity index (χ4n) is 2.18. The first-order valence-corrected chi connectivity index (χ1v) is 7.97. The second kappa shape index (κ2) is 9.42. The first-order valence-electron chi connectivity index (χ1n) is 7.97. The number of methoxy groups -OCH3 is 1. The smallest absolute Gasteiger partial charge is 0.308 e. The Bertz CT molecular complexity index is 854. The number of carbonyl (C=O) groups excluding carboxylic acids is 3. The monoisotopic (exact) mass is 377 g/mol. The third-order valence-corrected chi connectivity index (χ3v) is 3.57. The van der Waals surface area contributed by atoms with Crippen molar-refractivity contribution in [3.63, 3.8) is 0 Å². The number of nitrogens with one attached hydrogen (secondary N) is 1. The van der Waals surface area contributed by atoms with Gasteiger partial charge in [-0.05, 0) is 30.3 Å². The summed E-state index contributed by atoms with van der Waals surface area (Å²) in [6, 6.07) is 9.26. The van der Waals surface area contributed by atoms with Gasteiger partial charge < -0.3 is 14.8 Å². The van der Waals surface area contributed by atoms with Crippen LogP contribution in [0.2, 0.25) is 0 Å². The van der Waals surface area contributed by atoms with Crippen molar-refractivity contribution >= 4 is 17.7 Å². The zero-order chi connectivity index (χ0) is 19.8. The van der Waals surface area contributed by atoms with Crippen molar-refractivity contribution in [2.45, 2.75) is 6.42 Å². The first kappa shape index (κ1) is 20.0. The largest absolute Gasteiger partial charge is 0.496 e.